The Balaban J connectivity index is 1.19. The number of carbonyl (C=O) groups excluding carboxylic acids is 2. The second-order valence-electron chi connectivity index (χ2n) is 8.38. The fourth-order valence-electron chi connectivity index (χ4n) is 3.60. The van der Waals surface area contributed by atoms with Crippen molar-refractivity contribution >= 4 is 57.8 Å². The SMILES string of the molecule is O=C1NC(=NCc2cccc(CN=C3NC(=O)/C(=C/c4ccc(O)cc4)S3)c2)S/C1=C\c1ccc(O)cc1. The molecule has 0 bridgehead atoms. The molecule has 8 nitrogen and oxygen atoms in total. The molecule has 5 rings (SSSR count). The van der Waals surface area contributed by atoms with Gasteiger partial charge in [-0.1, -0.05) is 48.5 Å². The van der Waals surface area contributed by atoms with E-state index in [0.717, 1.165) is 22.3 Å². The van der Waals surface area contributed by atoms with Gasteiger partial charge in [-0.05, 0) is 82.2 Å². The van der Waals surface area contributed by atoms with E-state index in [9.17, 15) is 19.8 Å². The lowest BCUT2D eigenvalue weighted by atomic mass is 10.1. The Morgan fingerprint density at radius 3 is 1.50 bits per heavy atom. The van der Waals surface area contributed by atoms with E-state index in [-0.39, 0.29) is 23.3 Å². The number of nitrogens with one attached hydrogen (secondary N) is 2. The normalized spacial score (nSPS) is 19.5. The Morgan fingerprint density at radius 2 is 1.08 bits per heavy atom. The molecule has 0 saturated carbocycles. The Kier molecular flexibility index (Phi) is 7.62. The molecule has 2 fully saturated rings. The van der Waals surface area contributed by atoms with Crippen molar-refractivity contribution in [3.8, 4) is 11.5 Å². The number of rotatable bonds is 6. The highest BCUT2D eigenvalue weighted by atomic mass is 32.2. The number of hydrogen-bond acceptors (Lipinski definition) is 8. The molecule has 3 aromatic carbocycles. The zero-order valence-corrected chi connectivity index (χ0v) is 21.6. The Labute approximate surface area is 227 Å². The molecule has 3 aromatic rings. The molecule has 2 amide bonds. The third-order valence-corrected chi connectivity index (χ3v) is 7.38. The molecule has 2 aliphatic rings. The van der Waals surface area contributed by atoms with Gasteiger partial charge >= 0.3 is 0 Å². The van der Waals surface area contributed by atoms with E-state index < -0.39 is 0 Å². The molecular weight excluding hydrogens is 520 g/mol. The predicted octanol–water partition coefficient (Wildman–Crippen LogP) is 4.62. The molecule has 0 radical (unpaired) electrons. The summed E-state index contributed by atoms with van der Waals surface area (Å²) in [6.45, 7) is 0.787. The van der Waals surface area contributed by atoms with E-state index in [1.54, 1.807) is 60.7 Å². The number of hydrogen-bond donors (Lipinski definition) is 4. The standard InChI is InChI=1S/C28H22N4O4S2/c33-21-8-4-17(5-9-21)13-23-25(35)31-27(37-23)29-15-19-2-1-3-20(12-19)16-30-28-32-26(36)24(38-28)14-18-6-10-22(34)11-7-18/h1-14,33-34H,15-16H2,(H,29,31,35)(H,30,32,36)/b23-13-,24-14-. The topological polar surface area (TPSA) is 123 Å². The van der Waals surface area contributed by atoms with Gasteiger partial charge in [0.2, 0.25) is 0 Å². The maximum absolute atomic E-state index is 12.3. The molecule has 38 heavy (non-hydrogen) atoms. The minimum atomic E-state index is -0.207. The third-order valence-electron chi connectivity index (χ3n) is 5.49. The van der Waals surface area contributed by atoms with Crippen LogP contribution < -0.4 is 10.6 Å². The van der Waals surface area contributed by atoms with Crippen LogP contribution in [0, 0.1) is 0 Å². The predicted molar refractivity (Wildman–Crippen MR) is 152 cm³/mol. The van der Waals surface area contributed by atoms with E-state index >= 15 is 0 Å². The van der Waals surface area contributed by atoms with Crippen LogP contribution in [-0.2, 0) is 22.7 Å². The van der Waals surface area contributed by atoms with Crippen molar-refractivity contribution in [3.63, 3.8) is 0 Å². The lowest BCUT2D eigenvalue weighted by Crippen LogP contribution is -2.19. The van der Waals surface area contributed by atoms with Crippen LogP contribution in [0.1, 0.15) is 22.3 Å². The molecule has 2 heterocycles. The Morgan fingerprint density at radius 1 is 0.658 bits per heavy atom. The van der Waals surface area contributed by atoms with Gasteiger partial charge in [-0.15, -0.1) is 0 Å². The van der Waals surface area contributed by atoms with Crippen molar-refractivity contribution in [1.29, 1.82) is 0 Å². The van der Waals surface area contributed by atoms with E-state index in [1.165, 1.54) is 23.5 Å². The van der Waals surface area contributed by atoms with Crippen LogP contribution in [0.15, 0.2) is 92.6 Å². The summed E-state index contributed by atoms with van der Waals surface area (Å²) in [5.41, 5.74) is 3.57. The second-order valence-corrected chi connectivity index (χ2v) is 10.4. The number of phenols is 2. The van der Waals surface area contributed by atoms with Gasteiger partial charge in [-0.25, -0.2) is 0 Å². The minimum absolute atomic E-state index is 0.172. The first-order valence-electron chi connectivity index (χ1n) is 11.6. The van der Waals surface area contributed by atoms with Gasteiger partial charge in [0, 0.05) is 0 Å². The van der Waals surface area contributed by atoms with Crippen LogP contribution in [0.25, 0.3) is 12.2 Å². The molecule has 0 aromatic heterocycles. The van der Waals surface area contributed by atoms with Crippen LogP contribution in [0.2, 0.25) is 0 Å². The van der Waals surface area contributed by atoms with Gasteiger partial charge in [0.25, 0.3) is 11.8 Å². The number of nitrogens with zero attached hydrogens (tertiary/aromatic N) is 2. The number of phenolic OH excluding ortho intramolecular Hbond substituents is 2. The zero-order chi connectivity index (χ0) is 26.5. The summed E-state index contributed by atoms with van der Waals surface area (Å²) in [6, 6.07) is 21.1. The largest absolute Gasteiger partial charge is 0.508 e. The van der Waals surface area contributed by atoms with Gasteiger partial charge in [0.1, 0.15) is 11.5 Å². The van der Waals surface area contributed by atoms with Gasteiger partial charge in [0.15, 0.2) is 10.3 Å². The quantitative estimate of drug-likeness (QED) is 0.337. The number of thioether (sulfide) groups is 2. The highest BCUT2D eigenvalue weighted by molar-refractivity contribution is 8.19. The van der Waals surface area contributed by atoms with Crippen LogP contribution in [0.5, 0.6) is 11.5 Å². The molecule has 0 aliphatic carbocycles. The van der Waals surface area contributed by atoms with Crippen molar-refractivity contribution in [1.82, 2.24) is 10.6 Å². The minimum Gasteiger partial charge on any atom is -0.508 e. The van der Waals surface area contributed by atoms with Gasteiger partial charge in [-0.3, -0.25) is 19.6 Å². The van der Waals surface area contributed by atoms with E-state index in [4.69, 9.17) is 0 Å². The summed E-state index contributed by atoms with van der Waals surface area (Å²) < 4.78 is 0. The fraction of sp³-hybridized carbons (Fsp3) is 0.0714. The summed E-state index contributed by atoms with van der Waals surface area (Å²) in [6.07, 6.45) is 3.51. The number of amides is 2. The summed E-state index contributed by atoms with van der Waals surface area (Å²) in [4.78, 5) is 34.8. The number of aromatic hydroxyl groups is 2. The van der Waals surface area contributed by atoms with Gasteiger partial charge in [-0.2, -0.15) is 0 Å². The van der Waals surface area contributed by atoms with Crippen molar-refractivity contribution in [2.24, 2.45) is 9.98 Å². The first-order chi connectivity index (χ1) is 18.4. The summed E-state index contributed by atoms with van der Waals surface area (Å²) >= 11 is 2.55. The van der Waals surface area contributed by atoms with Gasteiger partial charge in [0.05, 0.1) is 22.9 Å². The van der Waals surface area contributed by atoms with Crippen LogP contribution in [0.3, 0.4) is 0 Å². The molecule has 4 N–H and O–H groups in total. The molecule has 0 unspecified atom stereocenters. The maximum atomic E-state index is 12.3. The third kappa shape index (κ3) is 6.53. The van der Waals surface area contributed by atoms with E-state index in [2.05, 4.69) is 20.6 Å². The smallest absolute Gasteiger partial charge is 0.264 e. The molecule has 2 saturated heterocycles. The first kappa shape index (κ1) is 25.4. The van der Waals surface area contributed by atoms with E-state index in [0.29, 0.717) is 33.2 Å². The van der Waals surface area contributed by atoms with Crippen LogP contribution in [-0.4, -0.2) is 32.4 Å². The van der Waals surface area contributed by atoms with Gasteiger partial charge < -0.3 is 20.8 Å². The average molecular weight is 543 g/mol. The van der Waals surface area contributed by atoms with Crippen molar-refractivity contribution < 1.29 is 19.8 Å². The Hall–Kier alpha value is -4.28. The molecule has 10 heteroatoms. The maximum Gasteiger partial charge on any atom is 0.264 e. The molecule has 0 spiro atoms. The highest BCUT2D eigenvalue weighted by Crippen LogP contribution is 2.28. The molecule has 0 atom stereocenters. The number of benzene rings is 3. The van der Waals surface area contributed by atoms with Crippen molar-refractivity contribution in [3.05, 3.63) is 105 Å². The summed E-state index contributed by atoms with van der Waals surface area (Å²) in [5.74, 6) is -0.0707. The molecule has 190 valence electrons. The zero-order valence-electron chi connectivity index (χ0n) is 19.9. The average Bonchev–Trinajstić information content (AvgIpc) is 3.45. The van der Waals surface area contributed by atoms with Crippen LogP contribution >= 0.6 is 23.5 Å². The van der Waals surface area contributed by atoms with Crippen LogP contribution in [0.4, 0.5) is 0 Å². The molecule has 2 aliphatic heterocycles. The lowest BCUT2D eigenvalue weighted by Gasteiger charge is -2.02. The molecular formula is C28H22N4O4S2. The first-order valence-corrected chi connectivity index (χ1v) is 13.2. The fourth-order valence-corrected chi connectivity index (χ4v) is 5.24. The highest BCUT2D eigenvalue weighted by Gasteiger charge is 2.24. The number of amidine groups is 2. The number of aliphatic imine (C=N–C) groups is 2. The number of carbonyl (C=O) groups is 2. The Bertz CT molecular complexity index is 1400. The second kappa shape index (κ2) is 11.4. The van der Waals surface area contributed by atoms with E-state index in [1.807, 2.05) is 24.3 Å². The lowest BCUT2D eigenvalue weighted by molar-refractivity contribution is -0.116. The summed E-state index contributed by atoms with van der Waals surface area (Å²) in [5, 5.41) is 25.5. The van der Waals surface area contributed by atoms with Crippen molar-refractivity contribution in [2.75, 3.05) is 0 Å². The monoisotopic (exact) mass is 542 g/mol. The summed E-state index contributed by atoms with van der Waals surface area (Å²) in [7, 11) is 0. The van der Waals surface area contributed by atoms with Crippen molar-refractivity contribution in [2.45, 2.75) is 13.1 Å².